The van der Waals surface area contributed by atoms with Gasteiger partial charge in [-0.3, -0.25) is 0 Å². The van der Waals surface area contributed by atoms with Gasteiger partial charge < -0.3 is 19.8 Å². The van der Waals surface area contributed by atoms with Crippen LogP contribution in [0.15, 0.2) is 48.6 Å². The Morgan fingerprint density at radius 1 is 1.14 bits per heavy atom. The minimum Gasteiger partial charge on any atom is -0.490 e. The highest BCUT2D eigenvalue weighted by Gasteiger charge is 2.44. The number of carboxylic acid groups (broad SMARTS) is 1. The van der Waals surface area contributed by atoms with E-state index in [1.54, 1.807) is 18.2 Å². The summed E-state index contributed by atoms with van der Waals surface area (Å²) in [5.74, 6) is -0.0173. The third kappa shape index (κ3) is 6.19. The van der Waals surface area contributed by atoms with Crippen molar-refractivity contribution in [2.45, 2.75) is 74.6 Å². The number of nitrogens with two attached hydrogens (primary N) is 1. The van der Waals surface area contributed by atoms with Crippen molar-refractivity contribution in [2.24, 2.45) is 22.9 Å². The fraction of sp³-hybridized carbons (Fsp3) is 0.545. The molecule has 4 N–H and O–H groups in total. The number of aliphatic hydroxyl groups excluding tert-OH is 1. The maximum absolute atomic E-state index is 12.0. The number of sulfonamides is 1. The van der Waals surface area contributed by atoms with Crippen molar-refractivity contribution in [3.63, 3.8) is 0 Å². The minimum atomic E-state index is -3.56. The van der Waals surface area contributed by atoms with Gasteiger partial charge in [-0.15, -0.1) is 0 Å². The van der Waals surface area contributed by atoms with Crippen molar-refractivity contribution in [3.05, 3.63) is 70.3 Å². The predicted octanol–water partition coefficient (Wildman–Crippen LogP) is 5.30. The maximum atomic E-state index is 12.0. The van der Waals surface area contributed by atoms with Crippen molar-refractivity contribution in [3.8, 4) is 5.75 Å². The molecule has 2 aromatic carbocycles. The van der Waals surface area contributed by atoms with Crippen molar-refractivity contribution < 1.29 is 28.2 Å². The quantitative estimate of drug-likeness (QED) is 0.338. The lowest BCUT2D eigenvalue weighted by atomic mass is 9.68. The Labute approximate surface area is 258 Å². The van der Waals surface area contributed by atoms with Crippen LogP contribution in [-0.4, -0.2) is 55.7 Å². The number of fused-ring (bicyclic) bond motifs is 3. The van der Waals surface area contributed by atoms with E-state index in [1.165, 1.54) is 11.1 Å². The monoisotopic (exact) mass is 628 g/mol. The molecular weight excluding hydrogens is 588 g/mol. The topological polar surface area (TPSA) is 130 Å². The second kappa shape index (κ2) is 12.1. The van der Waals surface area contributed by atoms with Crippen LogP contribution in [0.5, 0.6) is 5.75 Å². The number of allylic oxidation sites excluding steroid dienone is 1. The molecule has 2 aromatic rings. The molecule has 232 valence electrons. The van der Waals surface area contributed by atoms with E-state index in [0.717, 1.165) is 55.7 Å². The number of nitrogens with zero attached hydrogens (tertiary/aromatic N) is 1. The fourth-order valence-electron chi connectivity index (χ4n) is 8.04. The van der Waals surface area contributed by atoms with Crippen LogP contribution in [0.2, 0.25) is 5.02 Å². The normalized spacial score (nSPS) is 29.4. The van der Waals surface area contributed by atoms with Crippen LogP contribution in [0, 0.1) is 17.8 Å². The molecule has 1 heterocycles. The van der Waals surface area contributed by atoms with Gasteiger partial charge in [-0.05, 0) is 111 Å². The molecule has 2 fully saturated rings. The average molecular weight is 629 g/mol. The zero-order chi connectivity index (χ0) is 30.4. The van der Waals surface area contributed by atoms with Crippen LogP contribution in [0.4, 0.5) is 5.69 Å². The summed E-state index contributed by atoms with van der Waals surface area (Å²) in [6, 6.07) is 11.2. The SMILES string of the molecule is NS(=O)(=O)[C@@H]1CCC[C@H]1C/C=C/C(O)[C@@H]1CC[C@H]1CN1C[C@@]2(CCCc3cc(Cl)ccc32)COc2ccc(C(=O)O)cc21. The number of halogens is 1. The van der Waals surface area contributed by atoms with Gasteiger partial charge in [0.25, 0.3) is 0 Å². The lowest BCUT2D eigenvalue weighted by Gasteiger charge is -2.45. The highest BCUT2D eigenvalue weighted by atomic mass is 35.5. The summed E-state index contributed by atoms with van der Waals surface area (Å²) in [5, 5.41) is 26.6. The van der Waals surface area contributed by atoms with Crippen LogP contribution in [-0.2, 0) is 21.9 Å². The van der Waals surface area contributed by atoms with Crippen LogP contribution in [0.3, 0.4) is 0 Å². The Hall–Kier alpha value is -2.59. The van der Waals surface area contributed by atoms with Gasteiger partial charge in [0.2, 0.25) is 10.0 Å². The maximum Gasteiger partial charge on any atom is 0.335 e. The number of benzene rings is 2. The van der Waals surface area contributed by atoms with Gasteiger partial charge in [0.1, 0.15) is 5.75 Å². The first-order chi connectivity index (χ1) is 20.5. The number of carboxylic acids is 1. The summed E-state index contributed by atoms with van der Waals surface area (Å²) in [6.07, 6.45) is 10.8. The largest absolute Gasteiger partial charge is 0.490 e. The van der Waals surface area contributed by atoms with Crippen molar-refractivity contribution in [1.82, 2.24) is 0 Å². The second-order valence-electron chi connectivity index (χ2n) is 13.1. The summed E-state index contributed by atoms with van der Waals surface area (Å²) >= 11 is 6.37. The highest BCUT2D eigenvalue weighted by molar-refractivity contribution is 7.89. The lowest BCUT2D eigenvalue weighted by Crippen LogP contribution is -2.49. The Balaban J connectivity index is 1.22. The lowest BCUT2D eigenvalue weighted by molar-refractivity contribution is 0.0455. The molecule has 0 saturated heterocycles. The Morgan fingerprint density at radius 2 is 1.98 bits per heavy atom. The van der Waals surface area contributed by atoms with Gasteiger partial charge in [-0.1, -0.05) is 36.2 Å². The molecule has 6 rings (SSSR count). The molecule has 2 saturated carbocycles. The molecular formula is C33H41ClN2O6S. The number of aryl methyl sites for hydroxylation is 1. The van der Waals surface area contributed by atoms with Gasteiger partial charge in [-0.2, -0.15) is 0 Å². The van der Waals surface area contributed by atoms with Gasteiger partial charge >= 0.3 is 5.97 Å². The highest BCUT2D eigenvalue weighted by Crippen LogP contribution is 2.46. The first-order valence-electron chi connectivity index (χ1n) is 15.4. The number of anilines is 1. The van der Waals surface area contributed by atoms with Crippen LogP contribution in [0.25, 0.3) is 0 Å². The molecule has 0 radical (unpaired) electrons. The zero-order valence-electron chi connectivity index (χ0n) is 24.3. The molecule has 3 aliphatic carbocycles. The number of hydrogen-bond donors (Lipinski definition) is 3. The zero-order valence-corrected chi connectivity index (χ0v) is 25.9. The molecule has 0 amide bonds. The third-order valence-corrected chi connectivity index (χ3v) is 12.1. The Bertz CT molecular complexity index is 1510. The Kier molecular flexibility index (Phi) is 8.54. The molecule has 43 heavy (non-hydrogen) atoms. The van der Waals surface area contributed by atoms with Crippen LogP contribution >= 0.6 is 11.6 Å². The van der Waals surface area contributed by atoms with E-state index in [4.69, 9.17) is 21.5 Å². The number of ether oxygens (including phenoxy) is 1. The molecule has 6 atom stereocenters. The number of primary sulfonamides is 1. The van der Waals surface area contributed by atoms with E-state index in [1.807, 2.05) is 18.2 Å². The number of aliphatic hydroxyl groups is 1. The van der Waals surface area contributed by atoms with E-state index in [0.29, 0.717) is 38.3 Å². The summed E-state index contributed by atoms with van der Waals surface area (Å²) in [6.45, 7) is 1.86. The average Bonchev–Trinajstić information content (AvgIpc) is 3.37. The van der Waals surface area contributed by atoms with Crippen LogP contribution in [0.1, 0.15) is 72.9 Å². The molecule has 4 aliphatic rings. The molecule has 10 heteroatoms. The summed E-state index contributed by atoms with van der Waals surface area (Å²) in [7, 11) is -3.56. The number of rotatable bonds is 8. The second-order valence-corrected chi connectivity index (χ2v) is 15.3. The van der Waals surface area contributed by atoms with Crippen molar-refractivity contribution in [1.29, 1.82) is 0 Å². The molecule has 1 aliphatic heterocycles. The Morgan fingerprint density at radius 3 is 2.72 bits per heavy atom. The van der Waals surface area contributed by atoms with Crippen LogP contribution < -0.4 is 14.8 Å². The van der Waals surface area contributed by atoms with Gasteiger partial charge in [0.15, 0.2) is 0 Å². The molecule has 1 spiro atoms. The van der Waals surface area contributed by atoms with E-state index in [2.05, 4.69) is 17.0 Å². The van der Waals surface area contributed by atoms with E-state index in [9.17, 15) is 23.4 Å². The summed E-state index contributed by atoms with van der Waals surface area (Å²) in [4.78, 5) is 14.2. The molecule has 1 unspecified atom stereocenters. The minimum absolute atomic E-state index is 0.00267. The van der Waals surface area contributed by atoms with Gasteiger partial charge in [0, 0.05) is 23.5 Å². The number of hydrogen-bond acceptors (Lipinski definition) is 6. The standard InChI is InChI=1S/C33H41ClN2O6S/c34-25-11-13-27-22(16-25)6-3-15-33(27)19-36(28-17-23(32(38)39)10-14-30(28)42-20-33)18-24-9-12-26(24)29(37)7-1-4-21-5-2-8-31(21)43(35,40)41/h1,7,10-11,13-14,16-17,21,24,26,29,31,37H,2-6,8-9,12,15,18-20H2,(H,38,39)(H2,35,40,41)/b7-1+/t21-,24+,26-,29?,31-,33+/m1/s1. The smallest absolute Gasteiger partial charge is 0.335 e. The van der Waals surface area contributed by atoms with Crippen molar-refractivity contribution in [2.75, 3.05) is 24.6 Å². The first kappa shape index (κ1) is 30.4. The third-order valence-electron chi connectivity index (χ3n) is 10.4. The van der Waals surface area contributed by atoms with E-state index >= 15 is 0 Å². The number of aromatic carboxylic acids is 1. The first-order valence-corrected chi connectivity index (χ1v) is 17.4. The molecule has 8 nitrogen and oxygen atoms in total. The summed E-state index contributed by atoms with van der Waals surface area (Å²) < 4.78 is 30.4. The predicted molar refractivity (Wildman–Crippen MR) is 167 cm³/mol. The van der Waals surface area contributed by atoms with Gasteiger partial charge in [0.05, 0.1) is 29.2 Å². The van der Waals surface area contributed by atoms with E-state index in [-0.39, 0.29) is 28.7 Å². The van der Waals surface area contributed by atoms with E-state index < -0.39 is 27.3 Å². The molecule has 0 aromatic heterocycles. The van der Waals surface area contributed by atoms with Gasteiger partial charge in [-0.25, -0.2) is 18.4 Å². The fourth-order valence-corrected chi connectivity index (χ4v) is 9.52. The summed E-state index contributed by atoms with van der Waals surface area (Å²) in [5.41, 5.74) is 3.23. The van der Waals surface area contributed by atoms with Crippen molar-refractivity contribution >= 4 is 33.3 Å². The number of carbonyl (C=O) groups is 1. The molecule has 0 bridgehead atoms.